The van der Waals surface area contributed by atoms with Crippen LogP contribution < -0.4 is 10.1 Å². The molecule has 0 fully saturated rings. The minimum atomic E-state index is -0.710. The zero-order valence-corrected chi connectivity index (χ0v) is 19.1. The third kappa shape index (κ3) is 4.35. The van der Waals surface area contributed by atoms with E-state index in [0.717, 1.165) is 28.0 Å². The number of rotatable bonds is 6. The van der Waals surface area contributed by atoms with Crippen LogP contribution in [0.5, 0.6) is 5.88 Å². The number of benzene rings is 2. The lowest BCUT2D eigenvalue weighted by Gasteiger charge is -2.15. The van der Waals surface area contributed by atoms with Crippen molar-refractivity contribution in [2.45, 2.75) is 46.6 Å². The van der Waals surface area contributed by atoms with E-state index < -0.39 is 6.10 Å². The summed E-state index contributed by atoms with van der Waals surface area (Å²) in [4.78, 5) is 17.4. The molecule has 164 valence electrons. The number of aromatic nitrogens is 3. The number of aryl methyl sites for hydroxylation is 2. The number of carbonyl (C=O) groups is 1. The van der Waals surface area contributed by atoms with Crippen LogP contribution in [0.15, 0.2) is 60.7 Å². The maximum Gasteiger partial charge on any atom is 0.265 e. The molecule has 1 amide bonds. The van der Waals surface area contributed by atoms with Gasteiger partial charge in [0.2, 0.25) is 5.88 Å². The van der Waals surface area contributed by atoms with Crippen LogP contribution in [0.1, 0.15) is 43.5 Å². The monoisotopic (exact) mass is 428 g/mol. The Balaban J connectivity index is 1.56. The summed E-state index contributed by atoms with van der Waals surface area (Å²) >= 11 is 0. The van der Waals surface area contributed by atoms with E-state index in [1.54, 1.807) is 6.92 Å². The number of ether oxygens (including phenoxy) is 1. The molecule has 6 nitrogen and oxygen atoms in total. The second-order valence-electron chi connectivity index (χ2n) is 8.33. The summed E-state index contributed by atoms with van der Waals surface area (Å²) in [5, 5.41) is 8.57. The first-order valence-electron chi connectivity index (χ1n) is 10.8. The number of nitrogens with one attached hydrogen (secondary N) is 1. The summed E-state index contributed by atoms with van der Waals surface area (Å²) < 4.78 is 7.75. The number of hydrogen-bond donors (Lipinski definition) is 1. The van der Waals surface area contributed by atoms with Crippen LogP contribution in [0.4, 0.5) is 5.69 Å². The fourth-order valence-corrected chi connectivity index (χ4v) is 3.71. The van der Waals surface area contributed by atoms with E-state index in [1.807, 2.05) is 79.2 Å². The van der Waals surface area contributed by atoms with Gasteiger partial charge in [0.05, 0.1) is 11.4 Å². The molecule has 0 radical (unpaired) electrons. The molecule has 0 saturated carbocycles. The van der Waals surface area contributed by atoms with Gasteiger partial charge in [0, 0.05) is 17.1 Å². The van der Waals surface area contributed by atoms with Crippen LogP contribution >= 0.6 is 0 Å². The van der Waals surface area contributed by atoms with Gasteiger partial charge in [-0.3, -0.25) is 4.79 Å². The Morgan fingerprint density at radius 3 is 2.34 bits per heavy atom. The van der Waals surface area contributed by atoms with E-state index in [1.165, 1.54) is 5.56 Å². The quantitative estimate of drug-likeness (QED) is 0.436. The zero-order valence-electron chi connectivity index (χ0n) is 19.1. The second-order valence-corrected chi connectivity index (χ2v) is 8.33. The van der Waals surface area contributed by atoms with Crippen LogP contribution in [0.2, 0.25) is 0 Å². The highest BCUT2D eigenvalue weighted by Gasteiger charge is 2.19. The topological polar surface area (TPSA) is 69.0 Å². The van der Waals surface area contributed by atoms with Crippen molar-refractivity contribution >= 4 is 22.6 Å². The highest BCUT2D eigenvalue weighted by molar-refractivity contribution is 5.94. The first-order valence-corrected chi connectivity index (χ1v) is 10.8. The predicted molar refractivity (Wildman–Crippen MR) is 128 cm³/mol. The highest BCUT2D eigenvalue weighted by atomic mass is 16.5. The Morgan fingerprint density at radius 2 is 1.69 bits per heavy atom. The fourth-order valence-electron chi connectivity index (χ4n) is 3.71. The van der Waals surface area contributed by atoms with E-state index in [-0.39, 0.29) is 5.91 Å². The number of carbonyl (C=O) groups excluding carboxylic acids is 1. The Morgan fingerprint density at radius 1 is 1.00 bits per heavy atom. The van der Waals surface area contributed by atoms with Gasteiger partial charge >= 0.3 is 0 Å². The number of fused-ring (bicyclic) bond motifs is 1. The number of nitrogens with zero attached hydrogens (tertiary/aromatic N) is 3. The summed E-state index contributed by atoms with van der Waals surface area (Å²) in [5.41, 5.74) is 5.50. The van der Waals surface area contributed by atoms with Crippen molar-refractivity contribution in [1.82, 2.24) is 14.8 Å². The molecule has 0 aliphatic carbocycles. The summed E-state index contributed by atoms with van der Waals surface area (Å²) in [5.74, 6) is 0.610. The van der Waals surface area contributed by atoms with Crippen LogP contribution in [-0.2, 0) is 4.79 Å². The fraction of sp³-hybridized carbons (Fsp3) is 0.269. The van der Waals surface area contributed by atoms with Crippen LogP contribution in [-0.4, -0.2) is 26.8 Å². The number of hydrogen-bond acceptors (Lipinski definition) is 4. The van der Waals surface area contributed by atoms with Gasteiger partial charge < -0.3 is 10.1 Å². The molecule has 32 heavy (non-hydrogen) atoms. The SMILES string of the molecule is Cc1cc(OC(C)C(=O)Nc2ccc(C(C)C)cc2)nc2c1c(C)nn2-c1ccccc1. The first kappa shape index (κ1) is 21.6. The third-order valence-corrected chi connectivity index (χ3v) is 5.50. The van der Waals surface area contributed by atoms with E-state index in [2.05, 4.69) is 24.3 Å². The second kappa shape index (κ2) is 8.83. The molecule has 0 bridgehead atoms. The minimum absolute atomic E-state index is 0.227. The Bertz CT molecular complexity index is 1240. The smallest absolute Gasteiger partial charge is 0.265 e. The Hall–Kier alpha value is -3.67. The van der Waals surface area contributed by atoms with E-state index in [0.29, 0.717) is 17.4 Å². The number of amides is 1. The Kier molecular flexibility index (Phi) is 5.95. The molecule has 2 aromatic heterocycles. The van der Waals surface area contributed by atoms with E-state index >= 15 is 0 Å². The highest BCUT2D eigenvalue weighted by Crippen LogP contribution is 2.27. The third-order valence-electron chi connectivity index (χ3n) is 5.50. The van der Waals surface area contributed by atoms with Gasteiger partial charge in [0.25, 0.3) is 5.91 Å². The number of pyridine rings is 1. The molecule has 1 unspecified atom stereocenters. The molecule has 2 heterocycles. The molecule has 1 atom stereocenters. The zero-order chi connectivity index (χ0) is 22.8. The lowest BCUT2D eigenvalue weighted by Crippen LogP contribution is -2.30. The lowest BCUT2D eigenvalue weighted by atomic mass is 10.0. The molecule has 4 aromatic rings. The largest absolute Gasteiger partial charge is 0.464 e. The van der Waals surface area contributed by atoms with Gasteiger partial charge in [-0.2, -0.15) is 10.1 Å². The molecule has 6 heteroatoms. The maximum absolute atomic E-state index is 12.7. The van der Waals surface area contributed by atoms with Crippen molar-refractivity contribution < 1.29 is 9.53 Å². The van der Waals surface area contributed by atoms with Crippen LogP contribution in [0, 0.1) is 13.8 Å². The van der Waals surface area contributed by atoms with Gasteiger partial charge in [0.15, 0.2) is 11.8 Å². The molecule has 0 aliphatic rings. The predicted octanol–water partition coefficient (Wildman–Crippen LogP) is 5.57. The van der Waals surface area contributed by atoms with E-state index in [9.17, 15) is 4.79 Å². The number of anilines is 1. The molecular formula is C26H28N4O2. The molecule has 4 rings (SSSR count). The first-order chi connectivity index (χ1) is 15.3. The molecule has 0 saturated heterocycles. The summed E-state index contributed by atoms with van der Waals surface area (Å²) in [6.07, 6.45) is -0.710. The molecule has 0 spiro atoms. The molecule has 0 aliphatic heterocycles. The summed E-state index contributed by atoms with van der Waals surface area (Å²) in [6.45, 7) is 9.97. The van der Waals surface area contributed by atoms with Gasteiger partial charge in [0.1, 0.15) is 0 Å². The van der Waals surface area contributed by atoms with Gasteiger partial charge in [-0.1, -0.05) is 44.2 Å². The van der Waals surface area contributed by atoms with E-state index in [4.69, 9.17) is 9.72 Å². The van der Waals surface area contributed by atoms with Crippen molar-refractivity contribution in [3.05, 3.63) is 77.5 Å². The van der Waals surface area contributed by atoms with Crippen molar-refractivity contribution in [2.24, 2.45) is 0 Å². The standard InChI is InChI=1S/C26H28N4O2/c1-16(2)20-11-13-21(14-12-20)27-26(31)19(5)32-23-15-17(3)24-18(4)29-30(25(24)28-23)22-9-7-6-8-10-22/h6-16,19H,1-5H3,(H,27,31). The van der Waals surface area contributed by atoms with Gasteiger partial charge in [-0.25, -0.2) is 4.68 Å². The van der Waals surface area contributed by atoms with Crippen molar-refractivity contribution in [3.8, 4) is 11.6 Å². The minimum Gasteiger partial charge on any atom is -0.464 e. The summed E-state index contributed by atoms with van der Waals surface area (Å²) in [6, 6.07) is 19.6. The maximum atomic E-state index is 12.7. The molecule has 1 N–H and O–H groups in total. The van der Waals surface area contributed by atoms with Crippen LogP contribution in [0.3, 0.4) is 0 Å². The average Bonchev–Trinajstić information content (AvgIpc) is 3.11. The van der Waals surface area contributed by atoms with Crippen molar-refractivity contribution in [3.63, 3.8) is 0 Å². The normalized spacial score (nSPS) is 12.2. The van der Waals surface area contributed by atoms with Crippen molar-refractivity contribution in [1.29, 1.82) is 0 Å². The Labute approximate surface area is 188 Å². The average molecular weight is 429 g/mol. The number of para-hydroxylation sites is 1. The van der Waals surface area contributed by atoms with Crippen molar-refractivity contribution in [2.75, 3.05) is 5.32 Å². The lowest BCUT2D eigenvalue weighted by molar-refractivity contribution is -0.122. The van der Waals surface area contributed by atoms with Gasteiger partial charge in [-0.05, 0) is 62.1 Å². The molecule has 2 aromatic carbocycles. The van der Waals surface area contributed by atoms with Gasteiger partial charge in [-0.15, -0.1) is 0 Å². The molecular weight excluding hydrogens is 400 g/mol. The van der Waals surface area contributed by atoms with Crippen LogP contribution in [0.25, 0.3) is 16.7 Å². The summed E-state index contributed by atoms with van der Waals surface area (Å²) in [7, 11) is 0.